The summed E-state index contributed by atoms with van der Waals surface area (Å²) >= 11 is 0. The zero-order valence-corrected chi connectivity index (χ0v) is 13.1. The molecule has 0 bridgehead atoms. The van der Waals surface area contributed by atoms with E-state index in [4.69, 9.17) is 4.74 Å². The minimum atomic E-state index is -0.221. The predicted molar refractivity (Wildman–Crippen MR) is 87.5 cm³/mol. The zero-order chi connectivity index (χ0) is 14.9. The lowest BCUT2D eigenvalue weighted by Gasteiger charge is -2.32. The molecule has 0 unspecified atom stereocenters. The molecule has 4 heteroatoms. The lowest BCUT2D eigenvalue weighted by molar-refractivity contribution is -0.127. The van der Waals surface area contributed by atoms with Gasteiger partial charge in [0.05, 0.1) is 0 Å². The van der Waals surface area contributed by atoms with E-state index < -0.39 is 0 Å². The van der Waals surface area contributed by atoms with Crippen LogP contribution in [0.5, 0.6) is 0 Å². The Hall–Kier alpha value is -1.55. The number of nitrogens with zero attached hydrogens (tertiary/aromatic N) is 2. The van der Waals surface area contributed by atoms with Gasteiger partial charge in [-0.3, -0.25) is 4.79 Å². The summed E-state index contributed by atoms with van der Waals surface area (Å²) in [6.45, 7) is 3.83. The van der Waals surface area contributed by atoms with Crippen LogP contribution in [0.15, 0.2) is 18.2 Å². The minimum Gasteiger partial charge on any atom is -0.371 e. The van der Waals surface area contributed by atoms with E-state index in [-0.39, 0.29) is 12.0 Å². The van der Waals surface area contributed by atoms with E-state index in [9.17, 15) is 4.79 Å². The Morgan fingerprint density at radius 3 is 2.73 bits per heavy atom. The van der Waals surface area contributed by atoms with Gasteiger partial charge in [-0.1, -0.05) is 6.07 Å². The maximum absolute atomic E-state index is 12.8. The highest BCUT2D eigenvalue weighted by Gasteiger charge is 2.31. The minimum absolute atomic E-state index is 0.164. The molecule has 3 aliphatic rings. The van der Waals surface area contributed by atoms with E-state index in [0.29, 0.717) is 0 Å². The second-order valence-electron chi connectivity index (χ2n) is 6.60. The molecular weight excluding hydrogens is 276 g/mol. The number of carbonyl (C=O) groups excluding carboxylic acids is 1. The van der Waals surface area contributed by atoms with E-state index in [1.165, 1.54) is 24.1 Å². The number of rotatable bonds is 2. The van der Waals surface area contributed by atoms with E-state index in [0.717, 1.165) is 57.6 Å². The van der Waals surface area contributed by atoms with Gasteiger partial charge < -0.3 is 14.5 Å². The SMILES string of the molecule is O=C([C@@H]1CCCO1)N1CCCc2ccc(N3CCCC3)cc21. The molecule has 1 atom stereocenters. The van der Waals surface area contributed by atoms with Crippen molar-refractivity contribution in [2.45, 2.75) is 44.6 Å². The molecule has 118 valence electrons. The lowest BCUT2D eigenvalue weighted by atomic mass is 10.00. The third-order valence-electron chi connectivity index (χ3n) is 5.13. The first kappa shape index (κ1) is 14.1. The third-order valence-corrected chi connectivity index (χ3v) is 5.13. The van der Waals surface area contributed by atoms with Crippen LogP contribution < -0.4 is 9.80 Å². The summed E-state index contributed by atoms with van der Waals surface area (Å²) in [7, 11) is 0. The highest BCUT2D eigenvalue weighted by atomic mass is 16.5. The Labute approximate surface area is 132 Å². The van der Waals surface area contributed by atoms with Crippen LogP contribution in [0.4, 0.5) is 11.4 Å². The van der Waals surface area contributed by atoms with E-state index >= 15 is 0 Å². The van der Waals surface area contributed by atoms with Crippen molar-refractivity contribution in [2.75, 3.05) is 36.0 Å². The first-order valence-electron chi connectivity index (χ1n) is 8.64. The highest BCUT2D eigenvalue weighted by Crippen LogP contribution is 2.33. The number of amides is 1. The van der Waals surface area contributed by atoms with Gasteiger partial charge in [0.1, 0.15) is 6.10 Å². The summed E-state index contributed by atoms with van der Waals surface area (Å²) in [5.41, 5.74) is 3.69. The number of hydrogen-bond acceptors (Lipinski definition) is 3. The van der Waals surface area contributed by atoms with Crippen LogP contribution in [0.3, 0.4) is 0 Å². The molecule has 3 heterocycles. The Morgan fingerprint density at radius 2 is 1.95 bits per heavy atom. The Kier molecular flexibility index (Phi) is 3.78. The van der Waals surface area contributed by atoms with Gasteiger partial charge in [-0.2, -0.15) is 0 Å². The first-order chi connectivity index (χ1) is 10.8. The molecule has 4 rings (SSSR count). The summed E-state index contributed by atoms with van der Waals surface area (Å²) in [5.74, 6) is 0.164. The Bertz CT molecular complexity index is 560. The fraction of sp³-hybridized carbons (Fsp3) is 0.611. The van der Waals surface area contributed by atoms with Crippen LogP contribution in [-0.4, -0.2) is 38.3 Å². The molecule has 22 heavy (non-hydrogen) atoms. The summed E-state index contributed by atoms with van der Waals surface area (Å²) in [6.07, 6.45) is 6.33. The van der Waals surface area contributed by atoms with Gasteiger partial charge in [0, 0.05) is 37.6 Å². The Balaban J connectivity index is 1.63. The maximum atomic E-state index is 12.8. The van der Waals surface area contributed by atoms with Crippen LogP contribution in [0.2, 0.25) is 0 Å². The molecule has 0 aromatic heterocycles. The zero-order valence-electron chi connectivity index (χ0n) is 13.1. The standard InChI is InChI=1S/C18H24N2O2/c21-18(17-6-4-12-22-17)20-11-3-5-14-7-8-15(13-16(14)20)19-9-1-2-10-19/h7-8,13,17H,1-6,9-12H2/t17-/m0/s1. The van der Waals surface area contributed by atoms with Crippen molar-refractivity contribution < 1.29 is 9.53 Å². The molecule has 0 saturated carbocycles. The highest BCUT2D eigenvalue weighted by molar-refractivity contribution is 5.98. The molecule has 1 aromatic carbocycles. The largest absolute Gasteiger partial charge is 0.371 e. The number of aryl methyl sites for hydroxylation is 1. The van der Waals surface area contributed by atoms with E-state index in [1.807, 2.05) is 4.90 Å². The molecule has 0 aliphatic carbocycles. The summed E-state index contributed by atoms with van der Waals surface area (Å²) in [5, 5.41) is 0. The number of carbonyl (C=O) groups is 1. The van der Waals surface area contributed by atoms with Crippen molar-refractivity contribution in [3.05, 3.63) is 23.8 Å². The second-order valence-corrected chi connectivity index (χ2v) is 6.60. The van der Waals surface area contributed by atoms with Gasteiger partial charge in [-0.15, -0.1) is 0 Å². The van der Waals surface area contributed by atoms with Crippen LogP contribution >= 0.6 is 0 Å². The molecule has 0 N–H and O–H groups in total. The van der Waals surface area contributed by atoms with Gasteiger partial charge in [0.15, 0.2) is 0 Å². The van der Waals surface area contributed by atoms with Gasteiger partial charge in [0.25, 0.3) is 5.91 Å². The van der Waals surface area contributed by atoms with Crippen LogP contribution in [0.1, 0.15) is 37.7 Å². The van der Waals surface area contributed by atoms with Crippen molar-refractivity contribution in [2.24, 2.45) is 0 Å². The molecule has 3 aliphatic heterocycles. The van der Waals surface area contributed by atoms with Gasteiger partial charge in [-0.05, 0) is 56.2 Å². The molecule has 0 radical (unpaired) electrons. The monoisotopic (exact) mass is 300 g/mol. The lowest BCUT2D eigenvalue weighted by Crippen LogP contribution is -2.42. The maximum Gasteiger partial charge on any atom is 0.256 e. The smallest absolute Gasteiger partial charge is 0.256 e. The van der Waals surface area contributed by atoms with Crippen LogP contribution in [0, 0.1) is 0 Å². The van der Waals surface area contributed by atoms with E-state index in [2.05, 4.69) is 23.1 Å². The van der Waals surface area contributed by atoms with Gasteiger partial charge in [-0.25, -0.2) is 0 Å². The molecule has 4 nitrogen and oxygen atoms in total. The fourth-order valence-corrected chi connectivity index (χ4v) is 3.91. The third kappa shape index (κ3) is 2.50. The van der Waals surface area contributed by atoms with Gasteiger partial charge >= 0.3 is 0 Å². The molecule has 2 fully saturated rings. The quantitative estimate of drug-likeness (QED) is 0.842. The normalized spacial score (nSPS) is 24.6. The van der Waals surface area contributed by atoms with E-state index in [1.54, 1.807) is 0 Å². The van der Waals surface area contributed by atoms with Crippen molar-refractivity contribution in [1.82, 2.24) is 0 Å². The second kappa shape index (κ2) is 5.92. The fourth-order valence-electron chi connectivity index (χ4n) is 3.91. The van der Waals surface area contributed by atoms with Crippen molar-refractivity contribution in [3.63, 3.8) is 0 Å². The summed E-state index contributed by atoms with van der Waals surface area (Å²) in [6, 6.07) is 6.68. The molecule has 2 saturated heterocycles. The number of anilines is 2. The van der Waals surface area contributed by atoms with Crippen molar-refractivity contribution in [3.8, 4) is 0 Å². The Morgan fingerprint density at radius 1 is 1.09 bits per heavy atom. The average molecular weight is 300 g/mol. The molecule has 1 aromatic rings. The van der Waals surface area contributed by atoms with Gasteiger partial charge in [0.2, 0.25) is 0 Å². The number of ether oxygens (including phenoxy) is 1. The van der Waals surface area contributed by atoms with Crippen LogP contribution in [-0.2, 0) is 16.0 Å². The van der Waals surface area contributed by atoms with Crippen molar-refractivity contribution >= 4 is 17.3 Å². The number of hydrogen-bond donors (Lipinski definition) is 0. The average Bonchev–Trinajstić information content (AvgIpc) is 3.26. The molecular formula is C18H24N2O2. The van der Waals surface area contributed by atoms with Crippen molar-refractivity contribution in [1.29, 1.82) is 0 Å². The topological polar surface area (TPSA) is 32.8 Å². The predicted octanol–water partition coefficient (Wildman–Crippen LogP) is 2.75. The first-order valence-corrected chi connectivity index (χ1v) is 8.64. The summed E-state index contributed by atoms with van der Waals surface area (Å²) in [4.78, 5) is 17.2. The molecule has 1 amide bonds. The molecule has 0 spiro atoms. The summed E-state index contributed by atoms with van der Waals surface area (Å²) < 4.78 is 5.61. The number of fused-ring (bicyclic) bond motifs is 1. The number of benzene rings is 1. The van der Waals surface area contributed by atoms with Crippen LogP contribution in [0.25, 0.3) is 0 Å².